The van der Waals surface area contributed by atoms with E-state index in [0.717, 1.165) is 21.3 Å². The van der Waals surface area contributed by atoms with Crippen LogP contribution < -0.4 is 10.5 Å². The number of nitrogens with two attached hydrogens (primary N) is 1. The normalized spacial score (nSPS) is 14.1. The Morgan fingerprint density at radius 2 is 2.28 bits per heavy atom. The molecule has 0 atom stereocenters. The number of benzene rings is 1. The second-order valence-electron chi connectivity index (χ2n) is 3.73. The van der Waals surface area contributed by atoms with Gasteiger partial charge in [-0.2, -0.15) is 4.98 Å². The van der Waals surface area contributed by atoms with Crippen molar-refractivity contribution < 1.29 is 14.0 Å². The molecule has 1 aromatic heterocycles. The average molecular weight is 312 g/mol. The first-order valence-corrected chi connectivity index (χ1v) is 6.14. The van der Waals surface area contributed by atoms with Crippen LogP contribution in [0.4, 0.5) is 0 Å². The van der Waals surface area contributed by atoms with E-state index in [1.807, 2.05) is 12.1 Å². The fraction of sp³-hybridized carbons (Fsp3) is 0.273. The van der Waals surface area contributed by atoms with Crippen LogP contribution in [0.25, 0.3) is 11.4 Å². The van der Waals surface area contributed by atoms with Crippen LogP contribution in [0.15, 0.2) is 21.1 Å². The highest BCUT2D eigenvalue weighted by Gasteiger charge is 2.21. The molecule has 0 spiro atoms. The first-order valence-electron chi connectivity index (χ1n) is 5.34. The van der Waals surface area contributed by atoms with E-state index in [-0.39, 0.29) is 13.3 Å². The first-order chi connectivity index (χ1) is 8.79. The van der Waals surface area contributed by atoms with Crippen molar-refractivity contribution in [3.8, 4) is 17.1 Å². The van der Waals surface area contributed by atoms with Crippen LogP contribution in [0.5, 0.6) is 5.75 Å². The zero-order valence-corrected chi connectivity index (χ0v) is 10.9. The number of fused-ring (bicyclic) bond motifs is 1. The van der Waals surface area contributed by atoms with Crippen LogP contribution in [0.1, 0.15) is 11.5 Å². The molecule has 1 aliphatic heterocycles. The third-order valence-electron chi connectivity index (χ3n) is 2.63. The number of ether oxygens (including phenoxy) is 2. The lowest BCUT2D eigenvalue weighted by atomic mass is 10.1. The summed E-state index contributed by atoms with van der Waals surface area (Å²) in [6.45, 7) is 0.928. The summed E-state index contributed by atoms with van der Waals surface area (Å²) in [6, 6.07) is 3.77. The van der Waals surface area contributed by atoms with E-state index in [1.165, 1.54) is 0 Å². The summed E-state index contributed by atoms with van der Waals surface area (Å²) in [7, 11) is 0. The van der Waals surface area contributed by atoms with Crippen molar-refractivity contribution in [1.82, 2.24) is 10.1 Å². The summed E-state index contributed by atoms with van der Waals surface area (Å²) in [5, 5.41) is 3.92. The Morgan fingerprint density at radius 1 is 1.39 bits per heavy atom. The highest BCUT2D eigenvalue weighted by atomic mass is 79.9. The van der Waals surface area contributed by atoms with E-state index in [9.17, 15) is 0 Å². The first kappa shape index (κ1) is 11.6. The fourth-order valence-corrected chi connectivity index (χ4v) is 2.36. The molecule has 18 heavy (non-hydrogen) atoms. The van der Waals surface area contributed by atoms with Gasteiger partial charge in [-0.25, -0.2) is 0 Å². The van der Waals surface area contributed by atoms with Gasteiger partial charge in [-0.15, -0.1) is 0 Å². The quantitative estimate of drug-likeness (QED) is 0.911. The van der Waals surface area contributed by atoms with Crippen molar-refractivity contribution in [2.45, 2.75) is 13.2 Å². The second-order valence-corrected chi connectivity index (χ2v) is 4.58. The Bertz CT molecular complexity index is 585. The van der Waals surface area contributed by atoms with Gasteiger partial charge < -0.3 is 19.7 Å². The minimum atomic E-state index is 0.215. The maximum absolute atomic E-state index is 5.46. The highest BCUT2D eigenvalue weighted by Crippen LogP contribution is 2.37. The van der Waals surface area contributed by atoms with Gasteiger partial charge in [0.2, 0.25) is 11.7 Å². The minimum absolute atomic E-state index is 0.215. The summed E-state index contributed by atoms with van der Waals surface area (Å²) in [6.07, 6.45) is 0. The van der Waals surface area contributed by atoms with Gasteiger partial charge in [-0.1, -0.05) is 21.1 Å². The van der Waals surface area contributed by atoms with Crippen LogP contribution in [0.3, 0.4) is 0 Å². The Hall–Kier alpha value is -1.44. The lowest BCUT2D eigenvalue weighted by Crippen LogP contribution is -2.12. The van der Waals surface area contributed by atoms with Crippen molar-refractivity contribution in [1.29, 1.82) is 0 Å². The number of halogens is 1. The summed E-state index contributed by atoms with van der Waals surface area (Å²) in [4.78, 5) is 4.22. The fourth-order valence-electron chi connectivity index (χ4n) is 1.81. The zero-order chi connectivity index (χ0) is 12.5. The average Bonchev–Trinajstić information content (AvgIpc) is 2.87. The van der Waals surface area contributed by atoms with Crippen molar-refractivity contribution in [3.05, 3.63) is 28.1 Å². The van der Waals surface area contributed by atoms with Crippen LogP contribution in [0, 0.1) is 0 Å². The number of nitrogens with zero attached hydrogens (tertiary/aromatic N) is 2. The van der Waals surface area contributed by atoms with Gasteiger partial charge in [0.05, 0.1) is 13.2 Å². The van der Waals surface area contributed by atoms with E-state index in [4.69, 9.17) is 19.7 Å². The van der Waals surface area contributed by atoms with Crippen molar-refractivity contribution in [2.24, 2.45) is 5.73 Å². The predicted molar refractivity (Wildman–Crippen MR) is 65.6 cm³/mol. The van der Waals surface area contributed by atoms with Gasteiger partial charge in [0.25, 0.3) is 0 Å². The third kappa shape index (κ3) is 1.90. The lowest BCUT2D eigenvalue weighted by Gasteiger charge is -2.20. The van der Waals surface area contributed by atoms with E-state index in [2.05, 4.69) is 26.1 Å². The molecule has 0 unspecified atom stereocenters. The van der Waals surface area contributed by atoms with Gasteiger partial charge in [-0.3, -0.25) is 0 Å². The molecule has 0 bridgehead atoms. The molecule has 0 fully saturated rings. The molecular formula is C11H10BrN3O3. The summed E-state index contributed by atoms with van der Waals surface area (Å²) >= 11 is 3.48. The maximum atomic E-state index is 5.46. The second kappa shape index (κ2) is 4.68. The van der Waals surface area contributed by atoms with Crippen molar-refractivity contribution >= 4 is 15.9 Å². The molecule has 94 valence electrons. The molecule has 0 radical (unpaired) electrons. The van der Waals surface area contributed by atoms with Crippen LogP contribution in [-0.2, 0) is 17.9 Å². The molecule has 2 aromatic rings. The molecule has 0 saturated carbocycles. The van der Waals surface area contributed by atoms with Gasteiger partial charge in [-0.05, 0) is 12.1 Å². The molecule has 0 aliphatic carbocycles. The van der Waals surface area contributed by atoms with E-state index in [1.54, 1.807) is 0 Å². The molecule has 1 aromatic carbocycles. The van der Waals surface area contributed by atoms with E-state index < -0.39 is 0 Å². The molecule has 1 aliphatic rings. The summed E-state index contributed by atoms with van der Waals surface area (Å²) in [5.74, 6) is 1.65. The van der Waals surface area contributed by atoms with E-state index in [0.29, 0.717) is 18.3 Å². The number of hydrogen-bond acceptors (Lipinski definition) is 6. The van der Waals surface area contributed by atoms with Gasteiger partial charge >= 0.3 is 0 Å². The van der Waals surface area contributed by atoms with Crippen LogP contribution >= 0.6 is 15.9 Å². The number of hydrogen-bond donors (Lipinski definition) is 1. The van der Waals surface area contributed by atoms with Crippen LogP contribution in [-0.4, -0.2) is 16.9 Å². The molecule has 3 rings (SSSR count). The summed E-state index contributed by atoms with van der Waals surface area (Å²) in [5.41, 5.74) is 7.18. The topological polar surface area (TPSA) is 83.4 Å². The Morgan fingerprint density at radius 3 is 3.06 bits per heavy atom. The summed E-state index contributed by atoms with van der Waals surface area (Å²) < 4.78 is 16.6. The molecule has 0 saturated heterocycles. The molecule has 2 heterocycles. The third-order valence-corrected chi connectivity index (χ3v) is 3.29. The molecule has 6 nitrogen and oxygen atoms in total. The molecule has 0 amide bonds. The van der Waals surface area contributed by atoms with Crippen molar-refractivity contribution in [3.63, 3.8) is 0 Å². The minimum Gasteiger partial charge on any atom is -0.467 e. The Labute approximate surface area is 111 Å². The smallest absolute Gasteiger partial charge is 0.240 e. The number of rotatable bonds is 2. The molecule has 7 heteroatoms. The SMILES string of the molecule is NCc1nc(-c2c(Br)ccc3c2COCO3)no1. The standard InChI is InChI=1S/C11H10BrN3O3/c12-7-1-2-8-6(4-16-5-17-8)10(7)11-14-9(3-13)18-15-11/h1-2H,3-5,13H2. The zero-order valence-electron chi connectivity index (χ0n) is 9.35. The lowest BCUT2D eigenvalue weighted by molar-refractivity contribution is -0.0161. The van der Waals surface area contributed by atoms with Crippen molar-refractivity contribution in [2.75, 3.05) is 6.79 Å². The monoisotopic (exact) mass is 311 g/mol. The largest absolute Gasteiger partial charge is 0.467 e. The van der Waals surface area contributed by atoms with Crippen LogP contribution in [0.2, 0.25) is 0 Å². The predicted octanol–water partition coefficient (Wildman–Crippen LogP) is 1.82. The molecule has 2 N–H and O–H groups in total. The Kier molecular flexibility index (Phi) is 3.02. The maximum Gasteiger partial charge on any atom is 0.240 e. The highest BCUT2D eigenvalue weighted by molar-refractivity contribution is 9.10. The van der Waals surface area contributed by atoms with E-state index >= 15 is 0 Å². The molecular weight excluding hydrogens is 302 g/mol. The number of aromatic nitrogens is 2. The van der Waals surface area contributed by atoms with Gasteiger partial charge in [0.15, 0.2) is 6.79 Å². The van der Waals surface area contributed by atoms with Gasteiger partial charge in [0.1, 0.15) is 5.75 Å². The Balaban J connectivity index is 2.15. The van der Waals surface area contributed by atoms with Gasteiger partial charge in [0, 0.05) is 15.6 Å².